The zero-order valence-electron chi connectivity index (χ0n) is 11.4. The maximum atomic E-state index is 12.3. The number of aryl methyl sites for hydroxylation is 2. The number of nitrogens with zero attached hydrogens (tertiary/aromatic N) is 1. The predicted octanol–water partition coefficient (Wildman–Crippen LogP) is 3.94. The molecule has 0 radical (unpaired) electrons. The summed E-state index contributed by atoms with van der Waals surface area (Å²) in [5.41, 5.74) is 2.08. The van der Waals surface area contributed by atoms with Crippen LogP contribution in [-0.4, -0.2) is 5.91 Å². The third kappa shape index (κ3) is 2.52. The summed E-state index contributed by atoms with van der Waals surface area (Å²) in [5, 5.41) is 12.1. The first-order valence-electron chi connectivity index (χ1n) is 6.37. The molecule has 2 rings (SSSR count). The maximum absolute atomic E-state index is 12.3. The summed E-state index contributed by atoms with van der Waals surface area (Å²) in [6.45, 7) is 6.03. The molecule has 1 fully saturated rings. The van der Waals surface area contributed by atoms with Crippen molar-refractivity contribution in [3.8, 4) is 6.07 Å². The van der Waals surface area contributed by atoms with Gasteiger partial charge < -0.3 is 5.32 Å². The number of nitriles is 1. The van der Waals surface area contributed by atoms with Gasteiger partial charge in [-0.3, -0.25) is 4.79 Å². The van der Waals surface area contributed by atoms with Crippen molar-refractivity contribution < 1.29 is 4.79 Å². The van der Waals surface area contributed by atoms with Gasteiger partial charge in [0.1, 0.15) is 5.41 Å². The first-order valence-corrected chi connectivity index (χ1v) is 7.17. The van der Waals surface area contributed by atoms with E-state index in [1.165, 1.54) is 0 Å². The number of carbonyl (C=O) groups excluding carboxylic acids is 1. The van der Waals surface area contributed by atoms with Crippen molar-refractivity contribution in [3.05, 3.63) is 27.7 Å². The first-order chi connectivity index (χ1) is 8.88. The fraction of sp³-hybridized carbons (Fsp3) is 0.467. The molecule has 1 amide bonds. The minimum Gasteiger partial charge on any atom is -0.325 e. The van der Waals surface area contributed by atoms with Crippen molar-refractivity contribution in [3.63, 3.8) is 0 Å². The molecule has 19 heavy (non-hydrogen) atoms. The summed E-state index contributed by atoms with van der Waals surface area (Å²) in [6.07, 6.45) is 1.31. The Balaban J connectivity index is 2.18. The van der Waals surface area contributed by atoms with E-state index >= 15 is 0 Å². The predicted molar refractivity (Wildman–Crippen MR) is 78.7 cm³/mol. The van der Waals surface area contributed by atoms with E-state index < -0.39 is 5.41 Å². The quantitative estimate of drug-likeness (QED) is 0.897. The number of halogens is 1. The summed E-state index contributed by atoms with van der Waals surface area (Å²) < 4.78 is 1.05. The summed E-state index contributed by atoms with van der Waals surface area (Å²) >= 11 is 3.50. The molecular weight excluding hydrogens is 304 g/mol. The number of hydrogen-bond acceptors (Lipinski definition) is 2. The van der Waals surface area contributed by atoms with E-state index in [0.717, 1.165) is 21.3 Å². The minimum atomic E-state index is -0.825. The molecule has 0 aromatic heterocycles. The number of benzene rings is 1. The molecule has 0 saturated heterocycles. The van der Waals surface area contributed by atoms with Crippen LogP contribution in [0.3, 0.4) is 0 Å². The molecule has 1 saturated carbocycles. The Morgan fingerprint density at radius 1 is 1.42 bits per heavy atom. The molecule has 0 bridgehead atoms. The molecule has 1 N–H and O–H groups in total. The number of amides is 1. The van der Waals surface area contributed by atoms with Crippen LogP contribution in [0.2, 0.25) is 0 Å². The van der Waals surface area contributed by atoms with E-state index in [4.69, 9.17) is 0 Å². The summed E-state index contributed by atoms with van der Waals surface area (Å²) in [4.78, 5) is 12.3. The van der Waals surface area contributed by atoms with Crippen molar-refractivity contribution in [2.45, 2.75) is 33.6 Å². The molecule has 1 aliphatic rings. The van der Waals surface area contributed by atoms with Crippen LogP contribution in [0, 0.1) is 36.5 Å². The third-order valence-corrected chi connectivity index (χ3v) is 4.99. The van der Waals surface area contributed by atoms with Crippen molar-refractivity contribution in [2.75, 3.05) is 5.32 Å². The van der Waals surface area contributed by atoms with Crippen molar-refractivity contribution >= 4 is 27.5 Å². The number of rotatable bonds is 2. The Morgan fingerprint density at radius 3 is 2.37 bits per heavy atom. The van der Waals surface area contributed by atoms with Gasteiger partial charge in [0.05, 0.1) is 6.07 Å². The van der Waals surface area contributed by atoms with Gasteiger partial charge in [-0.2, -0.15) is 5.26 Å². The summed E-state index contributed by atoms with van der Waals surface area (Å²) in [5.74, 6) is 0.285. The highest BCUT2D eigenvalue weighted by Crippen LogP contribution is 2.45. The van der Waals surface area contributed by atoms with Gasteiger partial charge in [-0.1, -0.05) is 22.9 Å². The van der Waals surface area contributed by atoms with Crippen LogP contribution >= 0.6 is 15.9 Å². The molecule has 3 nitrogen and oxygen atoms in total. The lowest BCUT2D eigenvalue weighted by molar-refractivity contribution is -0.128. The van der Waals surface area contributed by atoms with E-state index in [9.17, 15) is 10.1 Å². The highest BCUT2D eigenvalue weighted by Gasteiger charge is 2.48. The van der Waals surface area contributed by atoms with Crippen molar-refractivity contribution in [1.29, 1.82) is 5.26 Å². The average Bonchev–Trinajstić information content (AvgIpc) is 2.31. The van der Waals surface area contributed by atoms with Crippen LogP contribution in [0.15, 0.2) is 16.6 Å². The molecule has 0 unspecified atom stereocenters. The number of carbonyl (C=O) groups is 1. The van der Waals surface area contributed by atoms with Crippen LogP contribution in [0.5, 0.6) is 0 Å². The van der Waals surface area contributed by atoms with Gasteiger partial charge in [0.25, 0.3) is 0 Å². The molecule has 0 heterocycles. The topological polar surface area (TPSA) is 52.9 Å². The fourth-order valence-electron chi connectivity index (χ4n) is 2.73. The van der Waals surface area contributed by atoms with E-state index in [1.807, 2.05) is 26.0 Å². The van der Waals surface area contributed by atoms with Crippen molar-refractivity contribution in [2.24, 2.45) is 11.3 Å². The molecule has 1 aromatic rings. The number of anilines is 1. The number of nitrogens with one attached hydrogen (secondary N) is 1. The van der Waals surface area contributed by atoms with E-state index in [0.29, 0.717) is 18.8 Å². The van der Waals surface area contributed by atoms with E-state index in [-0.39, 0.29) is 5.91 Å². The Kier molecular flexibility index (Phi) is 3.69. The van der Waals surface area contributed by atoms with Gasteiger partial charge in [-0.25, -0.2) is 0 Å². The lowest BCUT2D eigenvalue weighted by Gasteiger charge is -2.39. The Labute approximate surface area is 122 Å². The van der Waals surface area contributed by atoms with Gasteiger partial charge in [0, 0.05) is 10.2 Å². The lowest BCUT2D eigenvalue weighted by Crippen LogP contribution is -2.45. The van der Waals surface area contributed by atoms with Gasteiger partial charge >= 0.3 is 0 Å². The Bertz CT molecular complexity index is 545. The second kappa shape index (κ2) is 4.97. The van der Waals surface area contributed by atoms with Gasteiger partial charge in [0.15, 0.2) is 0 Å². The highest BCUT2D eigenvalue weighted by atomic mass is 79.9. The van der Waals surface area contributed by atoms with Gasteiger partial charge in [0.2, 0.25) is 5.91 Å². The molecule has 0 aliphatic heterocycles. The van der Waals surface area contributed by atoms with E-state index in [1.54, 1.807) is 0 Å². The molecule has 0 spiro atoms. The molecule has 1 aromatic carbocycles. The average molecular weight is 321 g/mol. The fourth-order valence-corrected chi connectivity index (χ4v) is 2.96. The van der Waals surface area contributed by atoms with Crippen LogP contribution in [0.25, 0.3) is 0 Å². The highest BCUT2D eigenvalue weighted by molar-refractivity contribution is 9.10. The standard InChI is InChI=1S/C15H17BrN2O/c1-9-6-15(7-9,8-17)14(19)18-12-4-10(2)13(16)11(3)5-12/h4-5,9H,6-7H2,1-3H3,(H,18,19). The van der Waals surface area contributed by atoms with Gasteiger partial charge in [-0.05, 0) is 55.9 Å². The Hall–Kier alpha value is -1.34. The molecule has 1 aliphatic carbocycles. The number of hydrogen-bond donors (Lipinski definition) is 1. The van der Waals surface area contributed by atoms with Crippen LogP contribution in [0.4, 0.5) is 5.69 Å². The van der Waals surface area contributed by atoms with Crippen LogP contribution in [-0.2, 0) is 4.79 Å². The largest absolute Gasteiger partial charge is 0.325 e. The molecule has 4 heteroatoms. The SMILES string of the molecule is Cc1cc(NC(=O)C2(C#N)CC(C)C2)cc(C)c1Br. The zero-order valence-corrected chi connectivity index (χ0v) is 13.0. The van der Waals surface area contributed by atoms with Crippen LogP contribution in [0.1, 0.15) is 30.9 Å². The molecule has 0 atom stereocenters. The monoisotopic (exact) mass is 320 g/mol. The van der Waals surface area contributed by atoms with Crippen molar-refractivity contribution in [1.82, 2.24) is 0 Å². The molecular formula is C15H17BrN2O. The lowest BCUT2D eigenvalue weighted by atomic mass is 9.63. The molecule has 100 valence electrons. The Morgan fingerprint density at radius 2 is 1.95 bits per heavy atom. The van der Waals surface area contributed by atoms with Crippen LogP contribution < -0.4 is 5.32 Å². The first kappa shape index (κ1) is 14.1. The van der Waals surface area contributed by atoms with E-state index in [2.05, 4.69) is 34.2 Å². The summed E-state index contributed by atoms with van der Waals surface area (Å²) in [7, 11) is 0. The zero-order chi connectivity index (χ0) is 14.2. The smallest absolute Gasteiger partial charge is 0.244 e. The normalized spacial score (nSPS) is 25.3. The maximum Gasteiger partial charge on any atom is 0.244 e. The third-order valence-electron chi connectivity index (χ3n) is 3.74. The second-order valence-corrected chi connectivity index (χ2v) is 6.38. The second-order valence-electron chi connectivity index (χ2n) is 5.59. The van der Waals surface area contributed by atoms with Gasteiger partial charge in [-0.15, -0.1) is 0 Å². The minimum absolute atomic E-state index is 0.172. The summed E-state index contributed by atoms with van der Waals surface area (Å²) in [6, 6.07) is 6.02.